The molecule has 0 spiro atoms. The van der Waals surface area contributed by atoms with Gasteiger partial charge in [0.15, 0.2) is 34.0 Å². The first-order valence-corrected chi connectivity index (χ1v) is 29.3. The van der Waals surface area contributed by atoms with Crippen LogP contribution in [0.4, 0.5) is 31.0 Å². The molecule has 458 valence electrons. The van der Waals surface area contributed by atoms with E-state index >= 15 is 0 Å². The van der Waals surface area contributed by atoms with Gasteiger partial charge >= 0.3 is 5.97 Å². The molecule has 9 aromatic heterocycles. The molecule has 5 amide bonds. The number of carboxylic acid groups (broad SMARTS) is 1. The molecule has 0 aliphatic carbocycles. The van der Waals surface area contributed by atoms with Crippen molar-refractivity contribution in [3.8, 4) is 0 Å². The first-order chi connectivity index (χ1) is 41.9. The van der Waals surface area contributed by atoms with E-state index in [-0.39, 0.29) is 115 Å². The predicted molar refractivity (Wildman–Crippen MR) is 318 cm³/mol. The minimum atomic E-state index is -1.15. The maximum Gasteiger partial charge on any atom is 0.356 e. The van der Waals surface area contributed by atoms with E-state index < -0.39 is 35.2 Å². The highest BCUT2D eigenvalue weighted by molar-refractivity contribution is 7.19. The number of fused-ring (bicyclic) bond motifs is 3. The highest BCUT2D eigenvalue weighted by Gasteiger charge is 2.38. The van der Waals surface area contributed by atoms with Crippen LogP contribution in [0.1, 0.15) is 102 Å². The maximum atomic E-state index is 13.5. The Morgan fingerprint density at radius 1 is 0.500 bits per heavy atom. The zero-order valence-corrected chi connectivity index (χ0v) is 50.1. The molecule has 0 unspecified atom stereocenters. The molecule has 3 saturated heterocycles. The second-order valence-electron chi connectivity index (χ2n) is 20.4. The number of aryl methyl sites for hydroxylation is 3. The number of carboxylic acids is 1. The summed E-state index contributed by atoms with van der Waals surface area (Å²) < 4.78 is 41.8. The Morgan fingerprint density at radius 2 is 0.807 bits per heavy atom. The number of nitrogens with one attached hydrogen (secondary N) is 4. The van der Waals surface area contributed by atoms with Gasteiger partial charge in [-0.25, -0.2) is 47.9 Å². The smallest absolute Gasteiger partial charge is 0.356 e. The second kappa shape index (κ2) is 26.9. The van der Waals surface area contributed by atoms with Crippen molar-refractivity contribution in [3.05, 3.63) is 122 Å². The third-order valence-corrected chi connectivity index (χ3v) is 16.6. The molecule has 0 bridgehead atoms. The van der Waals surface area contributed by atoms with Crippen LogP contribution in [0.15, 0.2) is 55.4 Å². The fraction of sp³-hybridized carbons (Fsp3) is 0.333. The number of likely N-dealkylation sites (tertiary alicyclic amines) is 2. The van der Waals surface area contributed by atoms with Crippen molar-refractivity contribution in [3.63, 3.8) is 0 Å². The largest absolute Gasteiger partial charge is 0.476 e. The van der Waals surface area contributed by atoms with Gasteiger partial charge in [0, 0.05) is 57.9 Å². The van der Waals surface area contributed by atoms with Gasteiger partial charge in [-0.15, -0.1) is 34.0 Å². The lowest BCUT2D eigenvalue weighted by Gasteiger charge is -2.37. The van der Waals surface area contributed by atoms with Gasteiger partial charge in [-0.1, -0.05) is 0 Å². The third-order valence-electron chi connectivity index (χ3n) is 13.7. The molecule has 88 heavy (non-hydrogen) atoms. The van der Waals surface area contributed by atoms with E-state index in [1.807, 2.05) is 27.7 Å². The molecular formula is C54H56F3N21O7S3. The Bertz CT molecular complexity index is 3970. The summed E-state index contributed by atoms with van der Waals surface area (Å²) in [4.78, 5) is 123. The van der Waals surface area contributed by atoms with Crippen LogP contribution < -0.4 is 38.5 Å². The molecule has 12 heterocycles. The normalized spacial score (nSPS) is 14.9. The number of nitrogens with two attached hydrogens (primary N) is 3. The molecule has 0 saturated carbocycles. The van der Waals surface area contributed by atoms with Gasteiger partial charge in [0.2, 0.25) is 35.6 Å². The van der Waals surface area contributed by atoms with Crippen LogP contribution in [0.3, 0.4) is 0 Å². The average molecular weight is 1260 g/mol. The lowest BCUT2D eigenvalue weighted by molar-refractivity contribution is -0.126. The molecule has 34 heteroatoms. The van der Waals surface area contributed by atoms with Gasteiger partial charge in [0.1, 0.15) is 31.6 Å². The van der Waals surface area contributed by atoms with Crippen LogP contribution in [0, 0.1) is 56.0 Å². The monoisotopic (exact) mass is 1260 g/mol. The summed E-state index contributed by atoms with van der Waals surface area (Å²) in [5.41, 5.74) is 18.8. The topological polar surface area (TPSA) is 410 Å². The molecule has 3 aliphatic heterocycles. The number of anilines is 3. The zero-order chi connectivity index (χ0) is 63.2. The summed E-state index contributed by atoms with van der Waals surface area (Å²) in [6.07, 6.45) is 7.97. The molecule has 3 aliphatic rings. The summed E-state index contributed by atoms with van der Waals surface area (Å²) in [6.45, 7) is 13.4. The number of pyridine rings is 3. The Kier molecular flexibility index (Phi) is 19.2. The van der Waals surface area contributed by atoms with Gasteiger partial charge in [0.05, 0.1) is 69.5 Å². The molecule has 3 atom stereocenters. The van der Waals surface area contributed by atoms with Gasteiger partial charge in [-0.2, -0.15) is 15.0 Å². The summed E-state index contributed by atoms with van der Waals surface area (Å²) >= 11 is 3.89. The van der Waals surface area contributed by atoms with Crippen molar-refractivity contribution < 1.29 is 47.0 Å². The number of aromatic nitrogens is 12. The van der Waals surface area contributed by atoms with E-state index in [9.17, 15) is 47.0 Å². The predicted octanol–water partition coefficient (Wildman–Crippen LogP) is 4.81. The zero-order valence-electron chi connectivity index (χ0n) is 47.7. The molecule has 12 rings (SSSR count). The third kappa shape index (κ3) is 14.9. The van der Waals surface area contributed by atoms with Crippen LogP contribution in [0.5, 0.6) is 0 Å². The number of rotatable bonds is 15. The molecular weight excluding hydrogens is 1210 g/mol. The Morgan fingerprint density at radius 3 is 1.07 bits per heavy atom. The van der Waals surface area contributed by atoms with Crippen molar-refractivity contribution in [2.24, 2.45) is 35.0 Å². The summed E-state index contributed by atoms with van der Waals surface area (Å²) in [6, 6.07) is 3.03. The van der Waals surface area contributed by atoms with Crippen molar-refractivity contribution in [2.45, 2.75) is 59.7 Å². The molecule has 0 radical (unpaired) electrons. The van der Waals surface area contributed by atoms with Crippen LogP contribution in [-0.2, 0) is 14.4 Å². The first-order valence-electron chi connectivity index (χ1n) is 26.8. The number of hydrogen-bond donors (Lipinski definition) is 8. The standard InChI is InChI=1S/2C18H18FN7O2S.C14H12FN5O2S.C4H8N2O/c2*1-8(10-3-12(19)5-21-4-10)22-18-24-13(14-16(25-18)23-9(2)29-14)17(28)26-6-11(7-26)15(20)27;1-6(8-3-9(15)5-16-4-8)17-14-19-10(13(21)22)11-12(20-14)18-7(2)23-11;5-4(7)3-1-6-2-3/h2*3-5,8,11H,6-7H2,1-2H3,(H2,20,27)(H,22,24,25);3-6H,1-2H3,(H,21,22)(H,17,19,20);3,6H,1-2H2,(H2,5,7)/t2*8-;6-;/m000./s1. The van der Waals surface area contributed by atoms with Gasteiger partial charge in [-0.05, 0) is 76.4 Å². The highest BCUT2D eigenvalue weighted by Crippen LogP contribution is 2.32. The number of thiazole rings is 3. The number of carbonyl (C=O) groups is 6. The number of primary amides is 3. The number of halogens is 3. The van der Waals surface area contributed by atoms with Crippen LogP contribution in [0.2, 0.25) is 0 Å². The van der Waals surface area contributed by atoms with E-state index in [2.05, 4.69) is 81.1 Å². The SMILES string of the molecule is Cc1nc2nc(N[C@@H](C)c3cncc(F)c3)nc(C(=O)N3CC(C(N)=O)C3)c2s1.Cc1nc2nc(N[C@@H](C)c3cncc(F)c3)nc(C(=O)N3CC(C(N)=O)C3)c2s1.Cc1nc2nc(N[C@@H](C)c3cncc(F)c3)nc(C(=O)O)c2s1.NC(=O)C1CNC1. The van der Waals surface area contributed by atoms with Crippen molar-refractivity contribution >= 4 is 118 Å². The number of amides is 5. The Labute approximate surface area is 509 Å². The highest BCUT2D eigenvalue weighted by atomic mass is 32.1. The van der Waals surface area contributed by atoms with Gasteiger partial charge in [0.25, 0.3) is 11.8 Å². The Hall–Kier alpha value is -9.67. The maximum absolute atomic E-state index is 13.5. The number of carbonyl (C=O) groups excluding carboxylic acids is 5. The van der Waals surface area contributed by atoms with Crippen LogP contribution in [0.25, 0.3) is 31.0 Å². The Balaban J connectivity index is 0.000000149. The fourth-order valence-corrected chi connectivity index (χ4v) is 11.2. The van der Waals surface area contributed by atoms with E-state index in [1.54, 1.807) is 26.2 Å². The summed E-state index contributed by atoms with van der Waals surface area (Å²) in [5, 5.41) is 23.6. The molecule has 3 fully saturated rings. The number of nitrogens with zero attached hydrogens (tertiary/aromatic N) is 14. The van der Waals surface area contributed by atoms with Crippen LogP contribution in [-0.4, -0.2) is 149 Å². The van der Waals surface area contributed by atoms with E-state index in [0.29, 0.717) is 52.7 Å². The van der Waals surface area contributed by atoms with E-state index in [1.165, 1.54) is 68.2 Å². The first kappa shape index (κ1) is 62.8. The second-order valence-corrected chi connectivity index (χ2v) is 24.0. The number of hydrogen-bond acceptors (Lipinski definition) is 25. The van der Waals surface area contributed by atoms with E-state index in [0.717, 1.165) is 41.7 Å². The lowest BCUT2D eigenvalue weighted by atomic mass is 9.99. The van der Waals surface area contributed by atoms with Crippen LogP contribution >= 0.6 is 34.0 Å². The minimum Gasteiger partial charge on any atom is -0.476 e. The van der Waals surface area contributed by atoms with Gasteiger partial charge in [-0.3, -0.25) is 38.9 Å². The minimum absolute atomic E-state index is 0.104. The average Bonchev–Trinajstić information content (AvgIpc) is 1.72. The molecule has 11 N–H and O–H groups in total. The van der Waals surface area contributed by atoms with Crippen molar-refractivity contribution in [2.75, 3.05) is 55.2 Å². The summed E-state index contributed by atoms with van der Waals surface area (Å²) in [7, 11) is 0. The van der Waals surface area contributed by atoms with E-state index in [4.69, 9.17) is 17.2 Å². The lowest BCUT2D eigenvalue weighted by Crippen LogP contribution is -2.54. The van der Waals surface area contributed by atoms with Gasteiger partial charge < -0.3 is 53.4 Å². The molecule has 28 nitrogen and oxygen atoms in total. The molecule has 0 aromatic carbocycles. The van der Waals surface area contributed by atoms with Crippen molar-refractivity contribution in [1.82, 2.24) is 74.9 Å². The molecule has 9 aromatic rings. The number of aromatic carboxylic acids is 1. The quantitative estimate of drug-likeness (QED) is 0.0682. The summed E-state index contributed by atoms with van der Waals surface area (Å²) in [5.74, 6) is -4.15. The fourth-order valence-electron chi connectivity index (χ4n) is 8.68. The van der Waals surface area contributed by atoms with Crippen molar-refractivity contribution in [1.29, 1.82) is 0 Å².